The van der Waals surface area contributed by atoms with Crippen molar-refractivity contribution < 1.29 is 14.0 Å². The number of hydrogen-bond acceptors (Lipinski definition) is 4. The van der Waals surface area contributed by atoms with Gasteiger partial charge in [-0.15, -0.1) is 0 Å². The van der Waals surface area contributed by atoms with E-state index in [1.54, 1.807) is 24.6 Å². The van der Waals surface area contributed by atoms with Crippen LogP contribution in [-0.4, -0.2) is 34.7 Å². The van der Waals surface area contributed by atoms with Crippen molar-refractivity contribution in [2.45, 2.75) is 25.2 Å². The standard InChI is InChI=1S/C17H18N2O3/c20-15(13-3-1-8-18-11-13)5-6-17(21)19-9-7-14(12-19)16-4-2-10-22-16/h1-4,8,10-11,14H,5-7,9,12H2. The number of carbonyl (C=O) groups is 2. The lowest BCUT2D eigenvalue weighted by molar-refractivity contribution is -0.130. The zero-order valence-corrected chi connectivity index (χ0v) is 12.3. The first-order valence-corrected chi connectivity index (χ1v) is 7.48. The van der Waals surface area contributed by atoms with Crippen molar-refractivity contribution in [3.63, 3.8) is 0 Å². The van der Waals surface area contributed by atoms with Gasteiger partial charge in [0.25, 0.3) is 0 Å². The molecule has 0 saturated carbocycles. The molecule has 2 aromatic heterocycles. The number of furan rings is 1. The van der Waals surface area contributed by atoms with E-state index in [4.69, 9.17) is 4.42 Å². The molecule has 1 aliphatic rings. The third kappa shape index (κ3) is 3.24. The monoisotopic (exact) mass is 298 g/mol. The van der Waals surface area contributed by atoms with Crippen molar-refractivity contribution in [1.29, 1.82) is 0 Å². The van der Waals surface area contributed by atoms with E-state index in [2.05, 4.69) is 4.98 Å². The van der Waals surface area contributed by atoms with Crippen LogP contribution in [0.3, 0.4) is 0 Å². The number of amides is 1. The van der Waals surface area contributed by atoms with Crippen molar-refractivity contribution in [3.8, 4) is 0 Å². The van der Waals surface area contributed by atoms with Crippen LogP contribution in [0.2, 0.25) is 0 Å². The van der Waals surface area contributed by atoms with Crippen LogP contribution in [0.1, 0.15) is 41.3 Å². The Morgan fingerprint density at radius 1 is 1.27 bits per heavy atom. The number of carbonyl (C=O) groups excluding carboxylic acids is 2. The number of ketones is 1. The topological polar surface area (TPSA) is 63.4 Å². The van der Waals surface area contributed by atoms with Crippen molar-refractivity contribution in [2.24, 2.45) is 0 Å². The van der Waals surface area contributed by atoms with Gasteiger partial charge in [-0.3, -0.25) is 14.6 Å². The van der Waals surface area contributed by atoms with Crippen molar-refractivity contribution in [1.82, 2.24) is 9.88 Å². The lowest BCUT2D eigenvalue weighted by atomic mass is 10.1. The van der Waals surface area contributed by atoms with E-state index in [1.165, 1.54) is 6.20 Å². The molecule has 0 aliphatic carbocycles. The summed E-state index contributed by atoms with van der Waals surface area (Å²) in [6.07, 6.45) is 6.21. The summed E-state index contributed by atoms with van der Waals surface area (Å²) in [6, 6.07) is 7.27. The number of Topliss-reactive ketones (excluding diaryl/α,β-unsaturated/α-hetero) is 1. The molecule has 1 atom stereocenters. The third-order valence-electron chi connectivity index (χ3n) is 4.04. The van der Waals surface area contributed by atoms with Gasteiger partial charge in [-0.25, -0.2) is 0 Å². The highest BCUT2D eigenvalue weighted by atomic mass is 16.3. The van der Waals surface area contributed by atoms with Gasteiger partial charge in [0.05, 0.1) is 6.26 Å². The lowest BCUT2D eigenvalue weighted by Gasteiger charge is -2.15. The Morgan fingerprint density at radius 3 is 2.91 bits per heavy atom. The second-order valence-electron chi connectivity index (χ2n) is 5.51. The molecule has 2 aromatic rings. The van der Waals surface area contributed by atoms with Gasteiger partial charge in [-0.1, -0.05) is 0 Å². The quantitative estimate of drug-likeness (QED) is 0.796. The molecule has 0 bridgehead atoms. The zero-order chi connectivity index (χ0) is 15.4. The van der Waals surface area contributed by atoms with Crippen molar-refractivity contribution in [2.75, 3.05) is 13.1 Å². The third-order valence-corrected chi connectivity index (χ3v) is 4.04. The molecule has 114 valence electrons. The molecule has 1 unspecified atom stereocenters. The fourth-order valence-corrected chi connectivity index (χ4v) is 2.79. The van der Waals surface area contributed by atoms with E-state index in [0.29, 0.717) is 12.1 Å². The van der Waals surface area contributed by atoms with Gasteiger partial charge in [0.2, 0.25) is 5.91 Å². The Balaban J connectivity index is 1.50. The number of rotatable bonds is 5. The van der Waals surface area contributed by atoms with Crippen molar-refractivity contribution in [3.05, 3.63) is 54.2 Å². The Bertz CT molecular complexity index is 637. The van der Waals surface area contributed by atoms with Crippen LogP contribution in [0.15, 0.2) is 47.3 Å². The SMILES string of the molecule is O=C(CCC(=O)N1CCC(c2ccco2)C1)c1cccnc1. The Kier molecular flexibility index (Phi) is 4.32. The van der Waals surface area contributed by atoms with Gasteiger partial charge in [0.1, 0.15) is 5.76 Å². The highest BCUT2D eigenvalue weighted by molar-refractivity contribution is 5.97. The molecule has 1 fully saturated rings. The van der Waals surface area contributed by atoms with Crippen molar-refractivity contribution >= 4 is 11.7 Å². The summed E-state index contributed by atoms with van der Waals surface area (Å²) in [5.74, 6) is 1.20. The number of likely N-dealkylation sites (tertiary alicyclic amines) is 1. The highest BCUT2D eigenvalue weighted by Crippen LogP contribution is 2.27. The molecule has 0 radical (unpaired) electrons. The van der Waals surface area contributed by atoms with Crippen LogP contribution in [0.4, 0.5) is 0 Å². The molecule has 0 spiro atoms. The molecule has 3 rings (SSSR count). The predicted molar refractivity (Wildman–Crippen MR) is 80.4 cm³/mol. The fraction of sp³-hybridized carbons (Fsp3) is 0.353. The van der Waals surface area contributed by atoms with Gasteiger partial charge in [0.15, 0.2) is 5.78 Å². The maximum absolute atomic E-state index is 12.2. The molecule has 0 aromatic carbocycles. The lowest BCUT2D eigenvalue weighted by Crippen LogP contribution is -2.28. The van der Waals surface area contributed by atoms with E-state index in [0.717, 1.165) is 18.7 Å². The fourth-order valence-electron chi connectivity index (χ4n) is 2.79. The Hall–Kier alpha value is -2.43. The molecule has 0 N–H and O–H groups in total. The molecule has 22 heavy (non-hydrogen) atoms. The van der Waals surface area contributed by atoms with E-state index < -0.39 is 0 Å². The van der Waals surface area contributed by atoms with Gasteiger partial charge in [0, 0.05) is 49.8 Å². The second-order valence-corrected chi connectivity index (χ2v) is 5.51. The summed E-state index contributed by atoms with van der Waals surface area (Å²) in [5.41, 5.74) is 0.560. The summed E-state index contributed by atoms with van der Waals surface area (Å²) < 4.78 is 5.40. The van der Waals surface area contributed by atoms with Crippen LogP contribution in [-0.2, 0) is 4.79 Å². The summed E-state index contributed by atoms with van der Waals surface area (Å²) >= 11 is 0. The van der Waals surface area contributed by atoms with Crippen LogP contribution in [0.5, 0.6) is 0 Å². The van der Waals surface area contributed by atoms with E-state index in [1.807, 2.05) is 17.0 Å². The second kappa shape index (κ2) is 6.56. The van der Waals surface area contributed by atoms with Crippen LogP contribution in [0.25, 0.3) is 0 Å². The minimum absolute atomic E-state index is 0.0336. The minimum Gasteiger partial charge on any atom is -0.469 e. The Morgan fingerprint density at radius 2 is 2.18 bits per heavy atom. The zero-order valence-electron chi connectivity index (χ0n) is 12.3. The summed E-state index contributed by atoms with van der Waals surface area (Å²) in [7, 11) is 0. The van der Waals surface area contributed by atoms with Gasteiger partial charge in [-0.2, -0.15) is 0 Å². The van der Waals surface area contributed by atoms with E-state index in [-0.39, 0.29) is 30.4 Å². The molecule has 1 amide bonds. The first-order valence-electron chi connectivity index (χ1n) is 7.48. The smallest absolute Gasteiger partial charge is 0.223 e. The molecule has 1 saturated heterocycles. The first kappa shape index (κ1) is 14.5. The van der Waals surface area contributed by atoms with E-state index in [9.17, 15) is 9.59 Å². The Labute approximate surface area is 128 Å². The molecule has 1 aliphatic heterocycles. The number of pyridine rings is 1. The normalized spacial score (nSPS) is 17.6. The van der Waals surface area contributed by atoms with Crippen LogP contribution in [0, 0.1) is 0 Å². The number of hydrogen-bond donors (Lipinski definition) is 0. The van der Waals surface area contributed by atoms with Gasteiger partial charge < -0.3 is 9.32 Å². The highest BCUT2D eigenvalue weighted by Gasteiger charge is 2.28. The summed E-state index contributed by atoms with van der Waals surface area (Å²) in [6.45, 7) is 1.40. The molecule has 3 heterocycles. The molecule has 5 nitrogen and oxygen atoms in total. The molecular formula is C17H18N2O3. The first-order chi connectivity index (χ1) is 10.7. The van der Waals surface area contributed by atoms with Crippen LogP contribution < -0.4 is 0 Å². The largest absolute Gasteiger partial charge is 0.469 e. The van der Waals surface area contributed by atoms with Gasteiger partial charge in [-0.05, 0) is 30.7 Å². The summed E-state index contributed by atoms with van der Waals surface area (Å²) in [5, 5.41) is 0. The maximum atomic E-state index is 12.2. The van der Waals surface area contributed by atoms with Crippen LogP contribution >= 0.6 is 0 Å². The average Bonchev–Trinajstić information content (AvgIpc) is 3.23. The average molecular weight is 298 g/mol. The van der Waals surface area contributed by atoms with Gasteiger partial charge >= 0.3 is 0 Å². The summed E-state index contributed by atoms with van der Waals surface area (Å²) in [4.78, 5) is 30.0. The number of nitrogens with zero attached hydrogens (tertiary/aromatic N) is 2. The molecule has 5 heteroatoms. The predicted octanol–water partition coefficient (Wildman–Crippen LogP) is 2.65. The molecular weight excluding hydrogens is 280 g/mol. The van der Waals surface area contributed by atoms with E-state index >= 15 is 0 Å². The number of aromatic nitrogens is 1. The minimum atomic E-state index is -0.0387. The maximum Gasteiger partial charge on any atom is 0.223 e.